The molecule has 0 aromatic carbocycles. The molecule has 0 fully saturated rings. The van der Waals surface area contributed by atoms with Crippen molar-refractivity contribution in [1.82, 2.24) is 19.9 Å². The Bertz CT molecular complexity index is 534. The van der Waals surface area contributed by atoms with E-state index >= 15 is 0 Å². The molecule has 0 amide bonds. The number of allylic oxidation sites excluding steroid dienone is 1. The van der Waals surface area contributed by atoms with Crippen LogP contribution >= 0.6 is 0 Å². The highest BCUT2D eigenvalue weighted by atomic mass is 16.5. The highest BCUT2D eigenvalue weighted by molar-refractivity contribution is 5.76. The third-order valence-electron chi connectivity index (χ3n) is 2.34. The zero-order valence-corrected chi connectivity index (χ0v) is 10.6. The van der Waals surface area contributed by atoms with Crippen molar-refractivity contribution in [1.29, 1.82) is 0 Å². The van der Waals surface area contributed by atoms with Crippen LogP contribution in [0.4, 0.5) is 5.95 Å². The first-order valence-electron chi connectivity index (χ1n) is 6.04. The lowest BCUT2D eigenvalue weighted by molar-refractivity contribution is 0.352. The summed E-state index contributed by atoms with van der Waals surface area (Å²) in [7, 11) is 0. The molecular formula is C12H17N5O. The lowest BCUT2D eigenvalue weighted by Crippen LogP contribution is -2.06. The molecule has 2 aromatic heterocycles. The lowest BCUT2D eigenvalue weighted by Gasteiger charge is -2.07. The van der Waals surface area contributed by atoms with Gasteiger partial charge in [0.25, 0.3) is 0 Å². The fourth-order valence-electron chi connectivity index (χ4n) is 1.45. The van der Waals surface area contributed by atoms with Gasteiger partial charge in [-0.2, -0.15) is 9.97 Å². The molecule has 0 spiro atoms. The molecule has 0 saturated heterocycles. The Hall–Kier alpha value is -2.11. The predicted molar refractivity (Wildman–Crippen MR) is 70.8 cm³/mol. The number of hydrogen-bond acceptors (Lipinski definition) is 5. The van der Waals surface area contributed by atoms with Crippen LogP contribution in [0.5, 0.6) is 5.88 Å². The number of fused-ring (bicyclic) bond motifs is 1. The summed E-state index contributed by atoms with van der Waals surface area (Å²) in [5, 5.41) is 3.13. The Labute approximate surface area is 106 Å². The Balaban J connectivity index is 2.26. The third kappa shape index (κ3) is 2.77. The second-order valence-electron chi connectivity index (χ2n) is 3.76. The minimum Gasteiger partial charge on any atom is -0.472 e. The molecule has 0 atom stereocenters. The first-order chi connectivity index (χ1) is 8.85. The van der Waals surface area contributed by atoms with Gasteiger partial charge in [0.15, 0.2) is 5.65 Å². The average Bonchev–Trinajstić information content (AvgIpc) is 2.85. The van der Waals surface area contributed by atoms with Crippen molar-refractivity contribution in [2.75, 3.05) is 18.5 Å². The quantitative estimate of drug-likeness (QED) is 0.765. The average molecular weight is 247 g/mol. The van der Waals surface area contributed by atoms with Gasteiger partial charge in [-0.15, -0.1) is 0 Å². The van der Waals surface area contributed by atoms with Gasteiger partial charge in [0.05, 0.1) is 6.33 Å². The van der Waals surface area contributed by atoms with Crippen LogP contribution in [0.3, 0.4) is 0 Å². The molecule has 0 saturated carbocycles. The van der Waals surface area contributed by atoms with Gasteiger partial charge >= 0.3 is 0 Å². The number of ether oxygens (including phenoxy) is 1. The second-order valence-corrected chi connectivity index (χ2v) is 3.76. The van der Waals surface area contributed by atoms with E-state index in [4.69, 9.17) is 4.74 Å². The molecule has 18 heavy (non-hydrogen) atoms. The van der Waals surface area contributed by atoms with E-state index < -0.39 is 0 Å². The van der Waals surface area contributed by atoms with Gasteiger partial charge in [-0.1, -0.05) is 19.1 Å². The highest BCUT2D eigenvalue weighted by Crippen LogP contribution is 2.20. The first kappa shape index (κ1) is 12.3. The van der Waals surface area contributed by atoms with Crippen molar-refractivity contribution in [2.24, 2.45) is 0 Å². The Kier molecular flexibility index (Phi) is 4.11. The summed E-state index contributed by atoms with van der Waals surface area (Å²) in [5.41, 5.74) is 1.33. The molecule has 96 valence electrons. The molecule has 0 aliphatic heterocycles. The van der Waals surface area contributed by atoms with E-state index in [9.17, 15) is 0 Å². The van der Waals surface area contributed by atoms with Gasteiger partial charge in [0, 0.05) is 6.54 Å². The molecule has 0 bridgehead atoms. The maximum atomic E-state index is 5.59. The molecule has 6 heteroatoms. The number of H-pyrrole nitrogens is 1. The fraction of sp³-hybridized carbons (Fsp3) is 0.417. The second kappa shape index (κ2) is 6.00. The molecule has 2 N–H and O–H groups in total. The first-order valence-corrected chi connectivity index (χ1v) is 6.04. The zero-order chi connectivity index (χ0) is 12.8. The van der Waals surface area contributed by atoms with Crippen LogP contribution in [0.2, 0.25) is 0 Å². The summed E-state index contributed by atoms with van der Waals surface area (Å²) < 4.78 is 5.59. The highest BCUT2D eigenvalue weighted by Gasteiger charge is 2.10. The van der Waals surface area contributed by atoms with Gasteiger partial charge in [0.2, 0.25) is 11.8 Å². The van der Waals surface area contributed by atoms with Crippen molar-refractivity contribution < 1.29 is 4.74 Å². The van der Waals surface area contributed by atoms with E-state index in [1.165, 1.54) is 0 Å². The normalized spacial score (nSPS) is 11.2. The van der Waals surface area contributed by atoms with E-state index in [0.717, 1.165) is 18.5 Å². The largest absolute Gasteiger partial charge is 0.472 e. The topological polar surface area (TPSA) is 75.7 Å². The number of rotatable bonds is 6. The summed E-state index contributed by atoms with van der Waals surface area (Å²) >= 11 is 0. The molecule has 0 aliphatic carbocycles. The summed E-state index contributed by atoms with van der Waals surface area (Å²) in [4.78, 5) is 15.7. The van der Waals surface area contributed by atoms with E-state index in [0.29, 0.717) is 24.1 Å². The van der Waals surface area contributed by atoms with Gasteiger partial charge in [-0.25, -0.2) is 4.98 Å². The van der Waals surface area contributed by atoms with Crippen molar-refractivity contribution in [3.05, 3.63) is 18.5 Å². The zero-order valence-electron chi connectivity index (χ0n) is 10.6. The summed E-state index contributed by atoms with van der Waals surface area (Å²) in [5.74, 6) is 1.07. The SMILES string of the molecule is C/C=C/COc1nc(NCCC)nc2nc[nH]c12. The number of anilines is 1. The Morgan fingerprint density at radius 1 is 1.44 bits per heavy atom. The maximum Gasteiger partial charge on any atom is 0.245 e. The molecule has 0 radical (unpaired) electrons. The summed E-state index contributed by atoms with van der Waals surface area (Å²) in [6.07, 6.45) is 6.45. The Morgan fingerprint density at radius 3 is 3.11 bits per heavy atom. The minimum atomic E-state index is 0.481. The maximum absolute atomic E-state index is 5.59. The van der Waals surface area contributed by atoms with Crippen LogP contribution in [-0.4, -0.2) is 33.1 Å². The smallest absolute Gasteiger partial charge is 0.245 e. The van der Waals surface area contributed by atoms with Crippen LogP contribution in [0.1, 0.15) is 20.3 Å². The molecule has 2 heterocycles. The van der Waals surface area contributed by atoms with Crippen molar-refractivity contribution in [2.45, 2.75) is 20.3 Å². The standard InChI is InChI=1S/C12H17N5O/c1-3-5-7-18-11-9-10(15-8-14-9)16-12(17-11)13-6-4-2/h3,5,8H,4,6-7H2,1-2H3,(H2,13,14,15,16,17)/b5-3+. The van der Waals surface area contributed by atoms with Gasteiger partial charge in [-0.05, 0) is 13.3 Å². The number of nitrogens with zero attached hydrogens (tertiary/aromatic N) is 3. The van der Waals surface area contributed by atoms with Crippen molar-refractivity contribution in [3.8, 4) is 5.88 Å². The number of aromatic nitrogens is 4. The number of hydrogen-bond donors (Lipinski definition) is 2. The molecule has 0 aliphatic rings. The van der Waals surface area contributed by atoms with Gasteiger partial charge in [0.1, 0.15) is 12.1 Å². The minimum absolute atomic E-state index is 0.481. The molecule has 2 rings (SSSR count). The van der Waals surface area contributed by atoms with E-state index in [1.54, 1.807) is 6.33 Å². The van der Waals surface area contributed by atoms with Crippen LogP contribution in [0, 0.1) is 0 Å². The van der Waals surface area contributed by atoms with E-state index in [1.807, 2.05) is 19.1 Å². The predicted octanol–water partition coefficient (Wildman–Crippen LogP) is 2.13. The van der Waals surface area contributed by atoms with E-state index in [-0.39, 0.29) is 0 Å². The molecule has 6 nitrogen and oxygen atoms in total. The van der Waals surface area contributed by atoms with Crippen molar-refractivity contribution in [3.63, 3.8) is 0 Å². The number of aromatic amines is 1. The Morgan fingerprint density at radius 2 is 2.33 bits per heavy atom. The van der Waals surface area contributed by atoms with Gasteiger partial charge in [-0.3, -0.25) is 0 Å². The molecule has 0 unspecified atom stereocenters. The fourth-order valence-corrected chi connectivity index (χ4v) is 1.45. The van der Waals surface area contributed by atoms with Crippen LogP contribution < -0.4 is 10.1 Å². The van der Waals surface area contributed by atoms with Crippen LogP contribution in [0.15, 0.2) is 18.5 Å². The number of imidazole rings is 1. The van der Waals surface area contributed by atoms with Crippen LogP contribution in [0.25, 0.3) is 11.2 Å². The van der Waals surface area contributed by atoms with Crippen molar-refractivity contribution >= 4 is 17.1 Å². The molecular weight excluding hydrogens is 230 g/mol. The lowest BCUT2D eigenvalue weighted by atomic mass is 10.5. The monoisotopic (exact) mass is 247 g/mol. The summed E-state index contributed by atoms with van der Waals surface area (Å²) in [6.45, 7) is 5.34. The molecule has 2 aromatic rings. The van der Waals surface area contributed by atoms with Crippen LogP contribution in [-0.2, 0) is 0 Å². The third-order valence-corrected chi connectivity index (χ3v) is 2.34. The number of nitrogens with one attached hydrogen (secondary N) is 2. The summed E-state index contributed by atoms with van der Waals surface area (Å²) in [6, 6.07) is 0. The van der Waals surface area contributed by atoms with Gasteiger partial charge < -0.3 is 15.0 Å². The van der Waals surface area contributed by atoms with E-state index in [2.05, 4.69) is 32.2 Å².